The van der Waals surface area contributed by atoms with Crippen molar-refractivity contribution in [3.63, 3.8) is 0 Å². The normalized spacial score (nSPS) is 40.4. The van der Waals surface area contributed by atoms with Gasteiger partial charge in [-0.15, -0.1) is 0 Å². The second-order valence-corrected chi connectivity index (χ2v) is 5.88. The largest absolute Gasteiger partial charge is 0.381 e. The van der Waals surface area contributed by atoms with Gasteiger partial charge in [-0.3, -0.25) is 0 Å². The average Bonchev–Trinajstić information content (AvgIpc) is 2.80. The van der Waals surface area contributed by atoms with Crippen molar-refractivity contribution in [1.82, 2.24) is 0 Å². The van der Waals surface area contributed by atoms with E-state index in [2.05, 4.69) is 30.4 Å². The zero-order valence-electron chi connectivity index (χ0n) is 10.5. The Kier molecular flexibility index (Phi) is 2.10. The van der Waals surface area contributed by atoms with Gasteiger partial charge in [0.05, 0.1) is 0 Å². The third-order valence-electron chi connectivity index (χ3n) is 4.97. The van der Waals surface area contributed by atoms with Gasteiger partial charge in [-0.05, 0) is 60.3 Å². The molecule has 1 saturated carbocycles. The third kappa shape index (κ3) is 1.31. The molecule has 4 rings (SSSR count). The molecule has 4 aliphatic rings. The first kappa shape index (κ1) is 10.6. The van der Waals surface area contributed by atoms with Crippen LogP contribution in [-0.4, -0.2) is 10.7 Å². The molecule has 0 aliphatic heterocycles. The van der Waals surface area contributed by atoms with E-state index in [-0.39, 0.29) is 0 Å². The summed E-state index contributed by atoms with van der Waals surface area (Å²) in [5, 5.41) is 10.6. The van der Waals surface area contributed by atoms with E-state index >= 15 is 0 Å². The molecule has 0 aromatic rings. The maximum atomic E-state index is 10.6. The second-order valence-electron chi connectivity index (χ2n) is 5.88. The van der Waals surface area contributed by atoms with Gasteiger partial charge in [0.15, 0.2) is 0 Å². The summed E-state index contributed by atoms with van der Waals surface area (Å²) in [6.07, 6.45) is 19.6. The first-order valence-corrected chi connectivity index (χ1v) is 6.99. The molecule has 92 valence electrons. The first-order chi connectivity index (χ1) is 8.78. The summed E-state index contributed by atoms with van der Waals surface area (Å²) in [5.74, 6) is 1.31. The van der Waals surface area contributed by atoms with Crippen molar-refractivity contribution in [1.29, 1.82) is 0 Å². The van der Waals surface area contributed by atoms with Crippen LogP contribution in [0.15, 0.2) is 59.3 Å². The SMILES string of the molecule is O[C@@]12C=CC=C1C1=CC=C3C=CCC[C@@H]3[C@H]1CC2. The number of hydrogen-bond donors (Lipinski definition) is 1. The van der Waals surface area contributed by atoms with E-state index in [0.29, 0.717) is 11.8 Å². The van der Waals surface area contributed by atoms with E-state index in [9.17, 15) is 5.11 Å². The minimum absolute atomic E-state index is 0.626. The Bertz CT molecular complexity index is 544. The van der Waals surface area contributed by atoms with Gasteiger partial charge in [-0.2, -0.15) is 0 Å². The molecule has 0 bridgehead atoms. The minimum Gasteiger partial charge on any atom is -0.381 e. The molecule has 0 aromatic heterocycles. The monoisotopic (exact) mass is 238 g/mol. The van der Waals surface area contributed by atoms with Gasteiger partial charge in [0.2, 0.25) is 0 Å². The van der Waals surface area contributed by atoms with E-state index in [0.717, 1.165) is 18.4 Å². The van der Waals surface area contributed by atoms with Crippen molar-refractivity contribution >= 4 is 0 Å². The Morgan fingerprint density at radius 1 is 1.11 bits per heavy atom. The number of hydrogen-bond acceptors (Lipinski definition) is 1. The molecule has 1 nitrogen and oxygen atoms in total. The van der Waals surface area contributed by atoms with Crippen LogP contribution < -0.4 is 0 Å². The fraction of sp³-hybridized carbons (Fsp3) is 0.412. The smallest absolute Gasteiger partial charge is 0.108 e. The summed E-state index contributed by atoms with van der Waals surface area (Å²) in [4.78, 5) is 0. The third-order valence-corrected chi connectivity index (χ3v) is 4.97. The highest BCUT2D eigenvalue weighted by atomic mass is 16.3. The van der Waals surface area contributed by atoms with Crippen LogP contribution in [0.3, 0.4) is 0 Å². The average molecular weight is 238 g/mol. The Labute approximate surface area is 108 Å². The van der Waals surface area contributed by atoms with E-state index in [1.807, 2.05) is 12.2 Å². The highest BCUT2D eigenvalue weighted by molar-refractivity contribution is 5.55. The Morgan fingerprint density at radius 3 is 3.00 bits per heavy atom. The molecule has 18 heavy (non-hydrogen) atoms. The van der Waals surface area contributed by atoms with E-state index in [1.54, 1.807) is 0 Å². The molecule has 0 amide bonds. The Morgan fingerprint density at radius 2 is 2.06 bits per heavy atom. The van der Waals surface area contributed by atoms with Crippen LogP contribution in [0.1, 0.15) is 25.7 Å². The summed E-state index contributed by atoms with van der Waals surface area (Å²) in [7, 11) is 0. The molecule has 0 heterocycles. The quantitative estimate of drug-likeness (QED) is 0.685. The van der Waals surface area contributed by atoms with Crippen molar-refractivity contribution in [2.75, 3.05) is 0 Å². The summed E-state index contributed by atoms with van der Waals surface area (Å²) in [6, 6.07) is 0. The lowest BCUT2D eigenvalue weighted by molar-refractivity contribution is 0.0975. The molecule has 3 atom stereocenters. The van der Waals surface area contributed by atoms with Crippen LogP contribution in [-0.2, 0) is 0 Å². The molecule has 0 saturated heterocycles. The van der Waals surface area contributed by atoms with E-state index < -0.39 is 5.60 Å². The number of allylic oxidation sites excluding steroid dienone is 7. The zero-order chi connectivity index (χ0) is 12.2. The Balaban J connectivity index is 1.79. The number of rotatable bonds is 0. The van der Waals surface area contributed by atoms with Gasteiger partial charge >= 0.3 is 0 Å². The first-order valence-electron chi connectivity index (χ1n) is 6.99. The van der Waals surface area contributed by atoms with Crippen molar-refractivity contribution < 1.29 is 5.11 Å². The standard InChI is InChI=1S/C17H18O/c18-17-10-3-6-16(17)15-8-7-12-4-1-2-5-13(12)14(15)9-11-17/h1,3-4,6-8,10,13-14,18H,2,5,9,11H2/t13-,14+,17+/m0/s1. The van der Waals surface area contributed by atoms with Crippen LogP contribution >= 0.6 is 0 Å². The van der Waals surface area contributed by atoms with Crippen molar-refractivity contribution in [2.45, 2.75) is 31.3 Å². The molecule has 0 aromatic carbocycles. The maximum Gasteiger partial charge on any atom is 0.108 e. The molecular formula is C17H18O. The van der Waals surface area contributed by atoms with E-state index in [1.165, 1.54) is 24.0 Å². The minimum atomic E-state index is -0.668. The van der Waals surface area contributed by atoms with Gasteiger partial charge in [0.25, 0.3) is 0 Å². The molecule has 0 radical (unpaired) electrons. The molecule has 1 fully saturated rings. The van der Waals surface area contributed by atoms with Crippen LogP contribution in [0.5, 0.6) is 0 Å². The van der Waals surface area contributed by atoms with Gasteiger partial charge in [-0.1, -0.05) is 36.5 Å². The van der Waals surface area contributed by atoms with Gasteiger partial charge in [0.1, 0.15) is 5.60 Å². The molecule has 0 unspecified atom stereocenters. The summed E-state index contributed by atoms with van der Waals surface area (Å²) < 4.78 is 0. The fourth-order valence-electron chi connectivity index (χ4n) is 4.05. The van der Waals surface area contributed by atoms with Crippen molar-refractivity contribution in [2.24, 2.45) is 11.8 Å². The maximum absolute atomic E-state index is 10.6. The number of aliphatic hydroxyl groups is 1. The van der Waals surface area contributed by atoms with Crippen LogP contribution in [0, 0.1) is 11.8 Å². The summed E-state index contributed by atoms with van der Waals surface area (Å²) in [6.45, 7) is 0. The van der Waals surface area contributed by atoms with Crippen LogP contribution in [0.25, 0.3) is 0 Å². The molecule has 1 N–H and O–H groups in total. The highest BCUT2D eigenvalue weighted by Gasteiger charge is 2.44. The lowest BCUT2D eigenvalue weighted by atomic mass is 9.63. The highest BCUT2D eigenvalue weighted by Crippen LogP contribution is 2.51. The molecule has 1 heteroatoms. The zero-order valence-corrected chi connectivity index (χ0v) is 10.5. The lowest BCUT2D eigenvalue weighted by Crippen LogP contribution is -2.38. The molecular weight excluding hydrogens is 220 g/mol. The van der Waals surface area contributed by atoms with Gasteiger partial charge < -0.3 is 5.11 Å². The van der Waals surface area contributed by atoms with Gasteiger partial charge in [0, 0.05) is 0 Å². The van der Waals surface area contributed by atoms with Crippen molar-refractivity contribution in [3.8, 4) is 0 Å². The predicted octanol–water partition coefficient (Wildman–Crippen LogP) is 3.46. The van der Waals surface area contributed by atoms with E-state index in [4.69, 9.17) is 0 Å². The summed E-state index contributed by atoms with van der Waals surface area (Å²) in [5.41, 5.74) is 3.37. The van der Waals surface area contributed by atoms with Crippen LogP contribution in [0.2, 0.25) is 0 Å². The molecule has 0 spiro atoms. The lowest BCUT2D eigenvalue weighted by Gasteiger charge is -2.43. The topological polar surface area (TPSA) is 20.2 Å². The van der Waals surface area contributed by atoms with Gasteiger partial charge in [-0.25, -0.2) is 0 Å². The summed E-state index contributed by atoms with van der Waals surface area (Å²) >= 11 is 0. The second kappa shape index (κ2) is 3.58. The molecule has 4 aliphatic carbocycles. The van der Waals surface area contributed by atoms with Crippen LogP contribution in [0.4, 0.5) is 0 Å². The Hall–Kier alpha value is -1.34. The van der Waals surface area contributed by atoms with Crippen molar-refractivity contribution in [3.05, 3.63) is 59.3 Å². The number of fused-ring (bicyclic) bond motifs is 5. The fourth-order valence-corrected chi connectivity index (χ4v) is 4.05. The predicted molar refractivity (Wildman–Crippen MR) is 72.9 cm³/mol.